The van der Waals surface area contributed by atoms with Crippen LogP contribution < -0.4 is 19.9 Å². The molecule has 1 atom stereocenters. The number of hydrogen-bond donors (Lipinski definition) is 1. The Labute approximate surface area is 175 Å². The molecule has 2 heterocycles. The van der Waals surface area contributed by atoms with E-state index >= 15 is 0 Å². The van der Waals surface area contributed by atoms with E-state index in [1.165, 1.54) is 0 Å². The minimum Gasteiger partial charge on any atom is -0.497 e. The molecule has 4 rings (SSSR count). The smallest absolute Gasteiger partial charge is 0.229 e. The van der Waals surface area contributed by atoms with Gasteiger partial charge in [0, 0.05) is 49.1 Å². The molecule has 7 nitrogen and oxygen atoms in total. The van der Waals surface area contributed by atoms with Gasteiger partial charge in [-0.3, -0.25) is 14.4 Å². The molecule has 0 bridgehead atoms. The molecule has 156 valence electrons. The second-order valence-electron chi connectivity index (χ2n) is 7.59. The molecule has 2 aromatic rings. The highest BCUT2D eigenvalue weighted by Gasteiger charge is 2.36. The zero-order valence-electron chi connectivity index (χ0n) is 17.2. The van der Waals surface area contributed by atoms with Crippen LogP contribution in [-0.4, -0.2) is 37.9 Å². The average Bonchev–Trinajstić information content (AvgIpc) is 3.36. The Bertz CT molecular complexity index is 1000. The van der Waals surface area contributed by atoms with Gasteiger partial charge in [-0.2, -0.15) is 0 Å². The molecule has 1 fully saturated rings. The molecule has 0 saturated carbocycles. The maximum atomic E-state index is 12.7. The summed E-state index contributed by atoms with van der Waals surface area (Å²) in [6, 6.07) is 12.9. The number of carbonyl (C=O) groups is 3. The molecule has 7 heteroatoms. The molecule has 0 unspecified atom stereocenters. The first kappa shape index (κ1) is 19.9. The number of methoxy groups -OCH3 is 1. The van der Waals surface area contributed by atoms with Crippen molar-refractivity contribution in [3.05, 3.63) is 48.0 Å². The molecular formula is C23H25N3O4. The summed E-state index contributed by atoms with van der Waals surface area (Å²) in [7, 11) is 1.57. The molecule has 0 aromatic heterocycles. The van der Waals surface area contributed by atoms with Gasteiger partial charge in [0.1, 0.15) is 5.75 Å². The number of rotatable bonds is 5. The number of anilines is 3. The van der Waals surface area contributed by atoms with E-state index < -0.39 is 5.92 Å². The summed E-state index contributed by atoms with van der Waals surface area (Å²) in [5.74, 6) is 0.0917. The van der Waals surface area contributed by atoms with Crippen LogP contribution in [0.2, 0.25) is 0 Å². The Morgan fingerprint density at radius 3 is 2.80 bits per heavy atom. The van der Waals surface area contributed by atoms with Crippen LogP contribution in [0, 0.1) is 5.92 Å². The summed E-state index contributed by atoms with van der Waals surface area (Å²) >= 11 is 0. The van der Waals surface area contributed by atoms with Gasteiger partial charge in [0.15, 0.2) is 0 Å². The van der Waals surface area contributed by atoms with E-state index in [4.69, 9.17) is 4.74 Å². The lowest BCUT2D eigenvalue weighted by Gasteiger charge is -2.20. The lowest BCUT2D eigenvalue weighted by molar-refractivity contribution is -0.122. The van der Waals surface area contributed by atoms with Crippen molar-refractivity contribution < 1.29 is 19.1 Å². The van der Waals surface area contributed by atoms with Crippen molar-refractivity contribution >= 4 is 34.8 Å². The molecule has 2 aliphatic heterocycles. The Hall–Kier alpha value is -3.35. The van der Waals surface area contributed by atoms with Crippen LogP contribution >= 0.6 is 0 Å². The molecule has 1 saturated heterocycles. The van der Waals surface area contributed by atoms with E-state index in [0.29, 0.717) is 30.9 Å². The summed E-state index contributed by atoms with van der Waals surface area (Å²) in [5.41, 5.74) is 3.40. The number of carbonyl (C=O) groups excluding carboxylic acids is 3. The predicted molar refractivity (Wildman–Crippen MR) is 115 cm³/mol. The third-order valence-corrected chi connectivity index (χ3v) is 5.71. The first-order valence-electron chi connectivity index (χ1n) is 10.2. The molecule has 1 N–H and O–H groups in total. The van der Waals surface area contributed by atoms with Gasteiger partial charge in [0.05, 0.1) is 13.0 Å². The van der Waals surface area contributed by atoms with Crippen molar-refractivity contribution in [2.24, 2.45) is 5.92 Å². The number of nitrogens with zero attached hydrogens (tertiary/aromatic N) is 2. The normalized spacial score (nSPS) is 17.8. The van der Waals surface area contributed by atoms with Crippen LogP contribution in [0.5, 0.6) is 5.75 Å². The first-order valence-corrected chi connectivity index (χ1v) is 10.2. The minimum atomic E-state index is -0.421. The highest BCUT2D eigenvalue weighted by atomic mass is 16.5. The van der Waals surface area contributed by atoms with Gasteiger partial charge in [0.2, 0.25) is 17.7 Å². The van der Waals surface area contributed by atoms with E-state index in [2.05, 4.69) is 5.32 Å². The van der Waals surface area contributed by atoms with Crippen molar-refractivity contribution in [1.82, 2.24) is 0 Å². The molecule has 30 heavy (non-hydrogen) atoms. The lowest BCUT2D eigenvalue weighted by Crippen LogP contribution is -2.28. The summed E-state index contributed by atoms with van der Waals surface area (Å²) in [4.78, 5) is 40.9. The van der Waals surface area contributed by atoms with Crippen molar-refractivity contribution in [3.8, 4) is 5.75 Å². The fourth-order valence-corrected chi connectivity index (χ4v) is 4.08. The molecule has 2 aliphatic rings. The monoisotopic (exact) mass is 407 g/mol. The summed E-state index contributed by atoms with van der Waals surface area (Å²) in [5, 5.41) is 2.88. The Morgan fingerprint density at radius 2 is 2.03 bits per heavy atom. The summed E-state index contributed by atoms with van der Waals surface area (Å²) < 4.78 is 5.18. The number of amides is 3. The van der Waals surface area contributed by atoms with E-state index in [9.17, 15) is 14.4 Å². The molecular weight excluding hydrogens is 382 g/mol. The van der Waals surface area contributed by atoms with Crippen LogP contribution in [0.1, 0.15) is 25.3 Å². The number of ether oxygens (including phenoxy) is 1. The number of benzene rings is 2. The van der Waals surface area contributed by atoms with Gasteiger partial charge >= 0.3 is 0 Å². The third-order valence-electron chi connectivity index (χ3n) is 5.71. The Kier molecular flexibility index (Phi) is 5.44. The van der Waals surface area contributed by atoms with Crippen LogP contribution in [0.3, 0.4) is 0 Å². The fourth-order valence-electron chi connectivity index (χ4n) is 4.08. The standard InChI is InChI=1S/C23H25N3O4/c1-3-21(27)25-10-9-15-11-18(7-8-20(15)25)26-14-16(12-22(26)28)23(29)24-17-5-4-6-19(13-17)30-2/h4-8,11,13,16H,3,9-10,12,14H2,1-2H3,(H,24,29)/t16-/m1/s1. The predicted octanol–water partition coefficient (Wildman–Crippen LogP) is 2.99. The van der Waals surface area contributed by atoms with Crippen LogP contribution in [0.15, 0.2) is 42.5 Å². The second kappa shape index (κ2) is 8.18. The van der Waals surface area contributed by atoms with Crippen molar-refractivity contribution in [2.75, 3.05) is 35.3 Å². The highest BCUT2D eigenvalue weighted by Crippen LogP contribution is 2.34. The molecule has 0 spiro atoms. The maximum absolute atomic E-state index is 12.7. The fraction of sp³-hybridized carbons (Fsp3) is 0.348. The Balaban J connectivity index is 1.46. The average molecular weight is 407 g/mol. The SMILES string of the molecule is CCC(=O)N1CCc2cc(N3C[C@H](C(=O)Nc4cccc(OC)c4)CC3=O)ccc21. The highest BCUT2D eigenvalue weighted by molar-refractivity contribution is 6.04. The van der Waals surface area contributed by atoms with Crippen LogP contribution in [-0.2, 0) is 20.8 Å². The van der Waals surface area contributed by atoms with Crippen LogP contribution in [0.25, 0.3) is 0 Å². The lowest BCUT2D eigenvalue weighted by atomic mass is 10.1. The van der Waals surface area contributed by atoms with Gasteiger partial charge in [-0.25, -0.2) is 0 Å². The number of nitrogens with one attached hydrogen (secondary N) is 1. The maximum Gasteiger partial charge on any atom is 0.229 e. The zero-order valence-corrected chi connectivity index (χ0v) is 17.2. The number of fused-ring (bicyclic) bond motifs is 1. The summed E-state index contributed by atoms with van der Waals surface area (Å²) in [6.45, 7) is 2.87. The van der Waals surface area contributed by atoms with E-state index in [-0.39, 0.29) is 24.1 Å². The minimum absolute atomic E-state index is 0.0692. The van der Waals surface area contributed by atoms with E-state index in [0.717, 1.165) is 23.4 Å². The second-order valence-corrected chi connectivity index (χ2v) is 7.59. The van der Waals surface area contributed by atoms with E-state index in [1.54, 1.807) is 41.2 Å². The van der Waals surface area contributed by atoms with Gasteiger partial charge in [-0.05, 0) is 42.3 Å². The Morgan fingerprint density at radius 1 is 1.20 bits per heavy atom. The van der Waals surface area contributed by atoms with Gasteiger partial charge < -0.3 is 19.9 Å². The molecule has 2 aromatic carbocycles. The molecule has 0 radical (unpaired) electrons. The van der Waals surface area contributed by atoms with Gasteiger partial charge in [-0.1, -0.05) is 13.0 Å². The first-order chi connectivity index (χ1) is 14.5. The number of hydrogen-bond acceptors (Lipinski definition) is 4. The molecule has 0 aliphatic carbocycles. The van der Waals surface area contributed by atoms with Gasteiger partial charge in [0.25, 0.3) is 0 Å². The largest absolute Gasteiger partial charge is 0.497 e. The quantitative estimate of drug-likeness (QED) is 0.827. The van der Waals surface area contributed by atoms with Gasteiger partial charge in [-0.15, -0.1) is 0 Å². The van der Waals surface area contributed by atoms with Crippen molar-refractivity contribution in [1.29, 1.82) is 0 Å². The van der Waals surface area contributed by atoms with Crippen LogP contribution in [0.4, 0.5) is 17.1 Å². The summed E-state index contributed by atoms with van der Waals surface area (Å²) in [6.07, 6.45) is 1.42. The molecule has 3 amide bonds. The van der Waals surface area contributed by atoms with Crippen molar-refractivity contribution in [3.63, 3.8) is 0 Å². The topological polar surface area (TPSA) is 79.0 Å². The van der Waals surface area contributed by atoms with E-state index in [1.807, 2.05) is 25.1 Å². The van der Waals surface area contributed by atoms with Crippen molar-refractivity contribution in [2.45, 2.75) is 26.2 Å². The third kappa shape index (κ3) is 3.75. The zero-order chi connectivity index (χ0) is 21.3.